The minimum absolute atomic E-state index is 0.112. The maximum atomic E-state index is 11.7. The van der Waals surface area contributed by atoms with Crippen LogP contribution in [0.1, 0.15) is 17.3 Å². The number of rotatable bonds is 4. The van der Waals surface area contributed by atoms with Gasteiger partial charge in [0, 0.05) is 6.07 Å². The molecule has 96 valence electrons. The van der Waals surface area contributed by atoms with Crippen LogP contribution in [0.5, 0.6) is 0 Å². The first kappa shape index (κ1) is 13.9. The number of nitro groups is 1. The van der Waals surface area contributed by atoms with Crippen molar-refractivity contribution in [3.63, 3.8) is 0 Å². The first-order chi connectivity index (χ1) is 8.34. The molecule has 18 heavy (non-hydrogen) atoms. The van der Waals surface area contributed by atoms with Gasteiger partial charge in [-0.25, -0.2) is 0 Å². The van der Waals surface area contributed by atoms with Gasteiger partial charge in [-0.15, -0.1) is 0 Å². The van der Waals surface area contributed by atoms with Gasteiger partial charge >= 0.3 is 5.97 Å². The second-order valence-corrected chi connectivity index (χ2v) is 3.83. The van der Waals surface area contributed by atoms with E-state index in [2.05, 4.69) is 5.32 Å². The number of nitrogens with zero attached hydrogens (tertiary/aromatic N) is 1. The van der Waals surface area contributed by atoms with E-state index in [1.165, 1.54) is 19.1 Å². The van der Waals surface area contributed by atoms with Crippen LogP contribution in [0.2, 0.25) is 5.02 Å². The number of aliphatic carboxylic acids is 1. The highest BCUT2D eigenvalue weighted by Crippen LogP contribution is 2.26. The van der Waals surface area contributed by atoms with Crippen LogP contribution in [0.15, 0.2) is 18.2 Å². The van der Waals surface area contributed by atoms with Crippen molar-refractivity contribution in [3.05, 3.63) is 38.9 Å². The lowest BCUT2D eigenvalue weighted by Crippen LogP contribution is -2.38. The molecule has 0 spiro atoms. The molecule has 0 fully saturated rings. The molecule has 0 saturated carbocycles. The summed E-state index contributed by atoms with van der Waals surface area (Å²) in [5.41, 5.74) is -0.824. The molecule has 1 aromatic rings. The van der Waals surface area contributed by atoms with Crippen LogP contribution in [0, 0.1) is 10.1 Å². The number of benzene rings is 1. The smallest absolute Gasteiger partial charge is 0.325 e. The van der Waals surface area contributed by atoms with E-state index >= 15 is 0 Å². The average Bonchev–Trinajstić information content (AvgIpc) is 2.27. The summed E-state index contributed by atoms with van der Waals surface area (Å²) in [6.07, 6.45) is 0. The van der Waals surface area contributed by atoms with Crippen molar-refractivity contribution in [1.29, 1.82) is 0 Å². The third kappa shape index (κ3) is 2.95. The molecule has 8 heteroatoms. The number of amides is 1. The summed E-state index contributed by atoms with van der Waals surface area (Å²) in [7, 11) is 0. The summed E-state index contributed by atoms with van der Waals surface area (Å²) in [4.78, 5) is 32.3. The summed E-state index contributed by atoms with van der Waals surface area (Å²) >= 11 is 5.72. The molecule has 0 unspecified atom stereocenters. The molecule has 1 aromatic carbocycles. The molecule has 2 N–H and O–H groups in total. The first-order valence-electron chi connectivity index (χ1n) is 4.81. The van der Waals surface area contributed by atoms with Crippen molar-refractivity contribution in [2.24, 2.45) is 0 Å². The van der Waals surface area contributed by atoms with Crippen molar-refractivity contribution in [2.75, 3.05) is 0 Å². The molecule has 0 radical (unpaired) electrons. The SMILES string of the molecule is C[C@@H](NC(=O)c1c(Cl)cccc1[N+](=O)[O-])C(=O)O. The molecule has 0 aliphatic heterocycles. The topological polar surface area (TPSA) is 110 Å². The van der Waals surface area contributed by atoms with Gasteiger partial charge in [-0.1, -0.05) is 17.7 Å². The van der Waals surface area contributed by atoms with Gasteiger partial charge in [-0.05, 0) is 13.0 Å². The molecule has 1 rings (SSSR count). The summed E-state index contributed by atoms with van der Waals surface area (Å²) in [5, 5.41) is 21.4. The van der Waals surface area contributed by atoms with E-state index in [1.807, 2.05) is 0 Å². The van der Waals surface area contributed by atoms with Crippen molar-refractivity contribution in [3.8, 4) is 0 Å². The highest BCUT2D eigenvalue weighted by atomic mass is 35.5. The maximum Gasteiger partial charge on any atom is 0.325 e. The van der Waals surface area contributed by atoms with Crippen LogP contribution >= 0.6 is 11.6 Å². The Labute approximate surface area is 107 Å². The number of nitro benzene ring substituents is 1. The third-order valence-corrected chi connectivity index (χ3v) is 2.45. The lowest BCUT2D eigenvalue weighted by atomic mass is 10.1. The summed E-state index contributed by atoms with van der Waals surface area (Å²) in [5.74, 6) is -2.15. The van der Waals surface area contributed by atoms with Gasteiger partial charge in [0.2, 0.25) is 0 Å². The minimum atomic E-state index is -1.25. The fraction of sp³-hybridized carbons (Fsp3) is 0.200. The Bertz CT molecular complexity index is 517. The zero-order chi connectivity index (χ0) is 13.9. The van der Waals surface area contributed by atoms with Gasteiger partial charge in [0.1, 0.15) is 11.6 Å². The van der Waals surface area contributed by atoms with E-state index in [4.69, 9.17) is 16.7 Å². The quantitative estimate of drug-likeness (QED) is 0.637. The van der Waals surface area contributed by atoms with Crippen molar-refractivity contribution >= 4 is 29.2 Å². The van der Waals surface area contributed by atoms with E-state index in [0.717, 1.165) is 6.07 Å². The largest absolute Gasteiger partial charge is 0.480 e. The van der Waals surface area contributed by atoms with Crippen LogP contribution in [0.3, 0.4) is 0 Å². The van der Waals surface area contributed by atoms with E-state index in [-0.39, 0.29) is 10.6 Å². The van der Waals surface area contributed by atoms with E-state index < -0.39 is 28.5 Å². The molecule has 0 aliphatic rings. The zero-order valence-corrected chi connectivity index (χ0v) is 9.97. The van der Waals surface area contributed by atoms with Crippen LogP contribution in [0.25, 0.3) is 0 Å². The number of halogens is 1. The van der Waals surface area contributed by atoms with Crippen LogP contribution in [-0.2, 0) is 4.79 Å². The molecule has 0 saturated heterocycles. The summed E-state index contributed by atoms with van der Waals surface area (Å²) in [6, 6.07) is 2.59. The Morgan fingerprint density at radius 3 is 2.61 bits per heavy atom. The Morgan fingerprint density at radius 1 is 1.50 bits per heavy atom. The normalized spacial score (nSPS) is 11.7. The molecule has 1 atom stereocenters. The van der Waals surface area contributed by atoms with Gasteiger partial charge in [0.25, 0.3) is 11.6 Å². The molecular weight excluding hydrogens is 264 g/mol. The Morgan fingerprint density at radius 2 is 2.11 bits per heavy atom. The number of nitrogens with one attached hydrogen (secondary N) is 1. The van der Waals surface area contributed by atoms with Gasteiger partial charge in [0.15, 0.2) is 0 Å². The molecule has 0 heterocycles. The lowest BCUT2D eigenvalue weighted by molar-refractivity contribution is -0.385. The lowest BCUT2D eigenvalue weighted by Gasteiger charge is -2.10. The van der Waals surface area contributed by atoms with Crippen molar-refractivity contribution in [1.82, 2.24) is 5.32 Å². The predicted molar refractivity (Wildman–Crippen MR) is 62.7 cm³/mol. The summed E-state index contributed by atoms with van der Waals surface area (Å²) < 4.78 is 0. The van der Waals surface area contributed by atoms with Crippen molar-refractivity contribution in [2.45, 2.75) is 13.0 Å². The minimum Gasteiger partial charge on any atom is -0.480 e. The summed E-state index contributed by atoms with van der Waals surface area (Å²) in [6.45, 7) is 1.24. The first-order valence-corrected chi connectivity index (χ1v) is 5.19. The predicted octanol–water partition coefficient (Wildman–Crippen LogP) is 1.45. The van der Waals surface area contributed by atoms with Crippen molar-refractivity contribution < 1.29 is 19.6 Å². The molecule has 0 aliphatic carbocycles. The second kappa shape index (κ2) is 5.46. The van der Waals surface area contributed by atoms with E-state index in [1.54, 1.807) is 0 Å². The van der Waals surface area contributed by atoms with E-state index in [9.17, 15) is 19.7 Å². The zero-order valence-electron chi connectivity index (χ0n) is 9.21. The van der Waals surface area contributed by atoms with Gasteiger partial charge in [0.05, 0.1) is 9.95 Å². The molecule has 1 amide bonds. The number of carboxylic acids is 1. The number of hydrogen-bond acceptors (Lipinski definition) is 4. The Kier molecular flexibility index (Phi) is 4.22. The monoisotopic (exact) mass is 272 g/mol. The molecule has 0 bridgehead atoms. The van der Waals surface area contributed by atoms with Crippen LogP contribution < -0.4 is 5.32 Å². The third-order valence-electron chi connectivity index (χ3n) is 2.13. The fourth-order valence-electron chi connectivity index (χ4n) is 1.22. The highest BCUT2D eigenvalue weighted by molar-refractivity contribution is 6.34. The number of carbonyl (C=O) groups excluding carboxylic acids is 1. The van der Waals surface area contributed by atoms with Crippen LogP contribution in [0.4, 0.5) is 5.69 Å². The second-order valence-electron chi connectivity index (χ2n) is 3.42. The number of hydrogen-bond donors (Lipinski definition) is 2. The molecule has 7 nitrogen and oxygen atoms in total. The van der Waals surface area contributed by atoms with Crippen LogP contribution in [-0.4, -0.2) is 27.9 Å². The Hall–Kier alpha value is -2.15. The Balaban J connectivity index is 3.12. The van der Waals surface area contributed by atoms with Gasteiger partial charge in [-0.3, -0.25) is 19.7 Å². The van der Waals surface area contributed by atoms with Gasteiger partial charge in [-0.2, -0.15) is 0 Å². The maximum absolute atomic E-state index is 11.7. The van der Waals surface area contributed by atoms with Gasteiger partial charge < -0.3 is 10.4 Å². The average molecular weight is 273 g/mol. The molecular formula is C10H9ClN2O5. The standard InChI is InChI=1S/C10H9ClN2O5/c1-5(10(15)16)12-9(14)8-6(11)3-2-4-7(8)13(17)18/h2-5H,1H3,(H,12,14)(H,15,16)/t5-/m1/s1. The highest BCUT2D eigenvalue weighted by Gasteiger charge is 2.25. The fourth-order valence-corrected chi connectivity index (χ4v) is 1.48. The molecule has 0 aromatic heterocycles. The number of carbonyl (C=O) groups is 2. The van der Waals surface area contributed by atoms with E-state index in [0.29, 0.717) is 0 Å². The number of carboxylic acid groups (broad SMARTS) is 1.